The van der Waals surface area contributed by atoms with E-state index in [0.29, 0.717) is 18.7 Å². The van der Waals surface area contributed by atoms with Crippen molar-refractivity contribution in [2.75, 3.05) is 37.8 Å². The van der Waals surface area contributed by atoms with Crippen molar-refractivity contribution in [2.24, 2.45) is 0 Å². The number of likely N-dealkylation sites (tertiary alicyclic amines) is 1. The van der Waals surface area contributed by atoms with Crippen molar-refractivity contribution in [3.05, 3.63) is 29.8 Å². The van der Waals surface area contributed by atoms with Crippen LogP contribution in [0.25, 0.3) is 0 Å². The first-order valence-corrected chi connectivity index (χ1v) is 8.01. The maximum absolute atomic E-state index is 12.4. The summed E-state index contributed by atoms with van der Waals surface area (Å²) >= 11 is 1.03. The second-order valence-electron chi connectivity index (χ2n) is 5.63. The van der Waals surface area contributed by atoms with Crippen LogP contribution in [-0.2, 0) is 4.79 Å². The molecule has 1 aromatic carbocycles. The Bertz CT molecular complexity index is 625. The van der Waals surface area contributed by atoms with Gasteiger partial charge in [-0.25, -0.2) is 0 Å². The minimum absolute atomic E-state index is 0.0632. The van der Waals surface area contributed by atoms with Crippen molar-refractivity contribution < 1.29 is 14.4 Å². The quantitative estimate of drug-likeness (QED) is 0.840. The molecule has 0 spiro atoms. The molecule has 2 aliphatic rings. The molecule has 2 saturated heterocycles. The monoisotopic (exact) mass is 319 g/mol. The molecule has 116 valence electrons. The number of benzene rings is 1. The van der Waals surface area contributed by atoms with Crippen LogP contribution < -0.4 is 4.90 Å². The lowest BCUT2D eigenvalue weighted by atomic mass is 10.0. The molecule has 0 bridgehead atoms. The molecule has 1 aromatic rings. The Morgan fingerprint density at radius 3 is 2.59 bits per heavy atom. The molecule has 0 atom stereocenters. The first-order chi connectivity index (χ1) is 10.5. The van der Waals surface area contributed by atoms with E-state index in [1.54, 1.807) is 11.0 Å². The van der Waals surface area contributed by atoms with Crippen LogP contribution in [0.4, 0.5) is 10.5 Å². The Kier molecular flexibility index (Phi) is 3.82. The number of amides is 3. The van der Waals surface area contributed by atoms with Crippen molar-refractivity contribution in [1.82, 2.24) is 9.80 Å². The standard InChI is InChI=1S/C15H17N3O3S/c1-16(2)11-5-3-4-10(6-11)14(20)17-7-12(8-17)18-13(19)9-22-15(18)21/h3-6,12H,7-9H2,1-2H3. The smallest absolute Gasteiger partial charge is 0.289 e. The van der Waals surface area contributed by atoms with Gasteiger partial charge in [0.2, 0.25) is 5.91 Å². The van der Waals surface area contributed by atoms with Gasteiger partial charge in [0.1, 0.15) is 0 Å². The number of hydrogen-bond donors (Lipinski definition) is 0. The molecule has 3 amide bonds. The fourth-order valence-corrected chi connectivity index (χ4v) is 3.38. The largest absolute Gasteiger partial charge is 0.378 e. The van der Waals surface area contributed by atoms with Crippen molar-refractivity contribution in [1.29, 1.82) is 0 Å². The average molecular weight is 319 g/mol. The number of nitrogens with zero attached hydrogens (tertiary/aromatic N) is 3. The first kappa shape index (κ1) is 14.9. The Hall–Kier alpha value is -2.02. The summed E-state index contributed by atoms with van der Waals surface area (Å²) in [4.78, 5) is 40.6. The van der Waals surface area contributed by atoms with Crippen molar-refractivity contribution >= 4 is 34.5 Å². The van der Waals surface area contributed by atoms with Gasteiger partial charge in [0.25, 0.3) is 11.1 Å². The van der Waals surface area contributed by atoms with Crippen LogP contribution in [0.1, 0.15) is 10.4 Å². The minimum atomic E-state index is -0.197. The second-order valence-corrected chi connectivity index (χ2v) is 6.55. The van der Waals surface area contributed by atoms with Gasteiger partial charge in [-0.05, 0) is 18.2 Å². The van der Waals surface area contributed by atoms with E-state index in [4.69, 9.17) is 0 Å². The molecule has 3 rings (SSSR count). The highest BCUT2D eigenvalue weighted by Gasteiger charge is 2.43. The fourth-order valence-electron chi connectivity index (χ4n) is 2.60. The van der Waals surface area contributed by atoms with Gasteiger partial charge < -0.3 is 9.80 Å². The molecule has 0 radical (unpaired) electrons. The summed E-state index contributed by atoms with van der Waals surface area (Å²) in [7, 11) is 3.84. The predicted octanol–water partition coefficient (Wildman–Crippen LogP) is 1.27. The van der Waals surface area contributed by atoms with Gasteiger partial charge in [-0.2, -0.15) is 0 Å². The third kappa shape index (κ3) is 2.56. The summed E-state index contributed by atoms with van der Waals surface area (Å²) in [5.41, 5.74) is 1.59. The second kappa shape index (κ2) is 5.64. The highest BCUT2D eigenvalue weighted by molar-refractivity contribution is 8.14. The van der Waals surface area contributed by atoms with Gasteiger partial charge in [0.15, 0.2) is 0 Å². The van der Waals surface area contributed by atoms with Crippen LogP contribution in [0.5, 0.6) is 0 Å². The zero-order chi connectivity index (χ0) is 15.9. The number of anilines is 1. The summed E-state index contributed by atoms with van der Waals surface area (Å²) in [5.74, 6) is 0.00199. The van der Waals surface area contributed by atoms with E-state index in [0.717, 1.165) is 17.4 Å². The van der Waals surface area contributed by atoms with Crippen LogP contribution in [0.2, 0.25) is 0 Å². The van der Waals surface area contributed by atoms with Gasteiger partial charge in [0, 0.05) is 38.4 Å². The van der Waals surface area contributed by atoms with Crippen LogP contribution in [-0.4, -0.2) is 65.8 Å². The van der Waals surface area contributed by atoms with Crippen molar-refractivity contribution in [2.45, 2.75) is 6.04 Å². The van der Waals surface area contributed by atoms with Gasteiger partial charge in [0.05, 0.1) is 11.8 Å². The molecule has 22 heavy (non-hydrogen) atoms. The molecule has 6 nitrogen and oxygen atoms in total. The van der Waals surface area contributed by atoms with Crippen LogP contribution in [0, 0.1) is 0 Å². The topological polar surface area (TPSA) is 60.9 Å². The van der Waals surface area contributed by atoms with Gasteiger partial charge in [-0.15, -0.1) is 0 Å². The lowest BCUT2D eigenvalue weighted by molar-refractivity contribution is -0.128. The van der Waals surface area contributed by atoms with E-state index in [-0.39, 0.29) is 28.8 Å². The van der Waals surface area contributed by atoms with E-state index >= 15 is 0 Å². The Morgan fingerprint density at radius 2 is 2.00 bits per heavy atom. The van der Waals surface area contributed by atoms with Gasteiger partial charge >= 0.3 is 0 Å². The maximum Gasteiger partial charge on any atom is 0.289 e. The molecule has 0 unspecified atom stereocenters. The van der Waals surface area contributed by atoms with Crippen molar-refractivity contribution in [3.63, 3.8) is 0 Å². The van der Waals surface area contributed by atoms with Crippen LogP contribution in [0.3, 0.4) is 0 Å². The van der Waals surface area contributed by atoms with E-state index in [1.165, 1.54) is 4.90 Å². The summed E-state index contributed by atoms with van der Waals surface area (Å²) in [6, 6.07) is 7.25. The molecule has 0 saturated carbocycles. The number of rotatable bonds is 3. The van der Waals surface area contributed by atoms with E-state index in [1.807, 2.05) is 37.2 Å². The Balaban J connectivity index is 1.65. The fraction of sp³-hybridized carbons (Fsp3) is 0.400. The molecule has 0 N–H and O–H groups in total. The predicted molar refractivity (Wildman–Crippen MR) is 85.2 cm³/mol. The molecule has 0 aromatic heterocycles. The van der Waals surface area contributed by atoms with Crippen molar-refractivity contribution in [3.8, 4) is 0 Å². The van der Waals surface area contributed by atoms with Gasteiger partial charge in [-0.3, -0.25) is 19.3 Å². The third-order valence-corrected chi connectivity index (χ3v) is 4.74. The van der Waals surface area contributed by atoms with E-state index in [9.17, 15) is 14.4 Å². The number of thioether (sulfide) groups is 1. The highest BCUT2D eigenvalue weighted by atomic mass is 32.2. The number of hydrogen-bond acceptors (Lipinski definition) is 5. The molecule has 2 fully saturated rings. The highest BCUT2D eigenvalue weighted by Crippen LogP contribution is 2.27. The lowest BCUT2D eigenvalue weighted by Crippen LogP contribution is -2.62. The molecular weight excluding hydrogens is 302 g/mol. The lowest BCUT2D eigenvalue weighted by Gasteiger charge is -2.42. The minimum Gasteiger partial charge on any atom is -0.378 e. The normalized spacial score (nSPS) is 18.6. The Morgan fingerprint density at radius 1 is 1.27 bits per heavy atom. The molecule has 2 aliphatic heterocycles. The molecule has 0 aliphatic carbocycles. The molecule has 7 heteroatoms. The Labute approximate surface area is 133 Å². The summed E-state index contributed by atoms with van der Waals surface area (Å²) < 4.78 is 0. The van der Waals surface area contributed by atoms with E-state index in [2.05, 4.69) is 0 Å². The number of carbonyl (C=O) groups excluding carboxylic acids is 3. The van der Waals surface area contributed by atoms with Crippen LogP contribution >= 0.6 is 11.8 Å². The molecular formula is C15H17N3O3S. The summed E-state index contributed by atoms with van der Waals surface area (Å²) in [6.45, 7) is 0.839. The average Bonchev–Trinajstić information content (AvgIpc) is 2.78. The zero-order valence-corrected chi connectivity index (χ0v) is 13.3. The zero-order valence-electron chi connectivity index (χ0n) is 12.5. The molecule has 2 heterocycles. The maximum atomic E-state index is 12.4. The van der Waals surface area contributed by atoms with Crippen LogP contribution in [0.15, 0.2) is 24.3 Å². The SMILES string of the molecule is CN(C)c1cccc(C(=O)N2CC(N3C(=O)CSC3=O)C2)c1. The first-order valence-electron chi connectivity index (χ1n) is 7.03. The number of imide groups is 1. The number of carbonyl (C=O) groups is 3. The third-order valence-electron chi connectivity index (χ3n) is 3.91. The van der Waals surface area contributed by atoms with E-state index < -0.39 is 0 Å². The van der Waals surface area contributed by atoms with Gasteiger partial charge in [-0.1, -0.05) is 17.8 Å². The summed E-state index contributed by atoms with van der Waals surface area (Å²) in [5, 5.41) is -0.197. The summed E-state index contributed by atoms with van der Waals surface area (Å²) in [6.07, 6.45) is 0.